The van der Waals surface area contributed by atoms with Crippen molar-refractivity contribution in [1.29, 1.82) is 5.26 Å². The number of hydrogen-bond acceptors (Lipinski definition) is 2. The van der Waals surface area contributed by atoms with Crippen molar-refractivity contribution in [2.75, 3.05) is 0 Å². The van der Waals surface area contributed by atoms with Gasteiger partial charge in [-0.25, -0.2) is 22.0 Å². The van der Waals surface area contributed by atoms with Crippen LogP contribution in [0.25, 0.3) is 11.1 Å². The maximum absolute atomic E-state index is 13.6. The van der Waals surface area contributed by atoms with Crippen molar-refractivity contribution in [2.24, 2.45) is 0 Å². The van der Waals surface area contributed by atoms with E-state index in [4.69, 9.17) is 5.26 Å². The third-order valence-electron chi connectivity index (χ3n) is 2.72. The molecule has 1 aromatic heterocycles. The first kappa shape index (κ1) is 14.7. The van der Waals surface area contributed by atoms with E-state index in [-0.39, 0.29) is 12.1 Å². The number of halogens is 5. The summed E-state index contributed by atoms with van der Waals surface area (Å²) in [5, 5.41) is 8.46. The standard InChI is InChI=1S/C13H5F5N2O/c14-8-7(9(15)11(17)12(18)10(8)16)6-2-1-5(3-4-19)20-13(6)21/h1-2H,3H2,(H,20,21). The second kappa shape index (κ2) is 5.36. The van der Waals surface area contributed by atoms with Crippen LogP contribution in [0.15, 0.2) is 16.9 Å². The minimum absolute atomic E-state index is 0.148. The van der Waals surface area contributed by atoms with Gasteiger partial charge < -0.3 is 4.98 Å². The van der Waals surface area contributed by atoms with Crippen LogP contribution in [0.3, 0.4) is 0 Å². The highest BCUT2D eigenvalue weighted by molar-refractivity contribution is 5.64. The van der Waals surface area contributed by atoms with E-state index in [0.717, 1.165) is 12.1 Å². The molecular weight excluding hydrogens is 295 g/mol. The number of rotatable bonds is 2. The summed E-state index contributed by atoms with van der Waals surface area (Å²) < 4.78 is 66.3. The number of benzene rings is 1. The van der Waals surface area contributed by atoms with Crippen LogP contribution in [0.1, 0.15) is 5.69 Å². The summed E-state index contributed by atoms with van der Waals surface area (Å²) >= 11 is 0. The monoisotopic (exact) mass is 300 g/mol. The van der Waals surface area contributed by atoms with E-state index in [1.807, 2.05) is 0 Å². The summed E-state index contributed by atoms with van der Waals surface area (Å²) in [6, 6.07) is 3.77. The minimum Gasteiger partial charge on any atom is -0.325 e. The average molecular weight is 300 g/mol. The quantitative estimate of drug-likeness (QED) is 0.527. The van der Waals surface area contributed by atoms with Crippen LogP contribution in [0.4, 0.5) is 22.0 Å². The molecule has 0 saturated carbocycles. The Morgan fingerprint density at radius 2 is 1.48 bits per heavy atom. The third-order valence-corrected chi connectivity index (χ3v) is 2.72. The van der Waals surface area contributed by atoms with Gasteiger partial charge in [-0.05, 0) is 12.1 Å². The van der Waals surface area contributed by atoms with Gasteiger partial charge in [0, 0.05) is 5.69 Å². The first-order chi connectivity index (χ1) is 9.88. The zero-order chi connectivity index (χ0) is 15.7. The normalized spacial score (nSPS) is 10.5. The first-order valence-corrected chi connectivity index (χ1v) is 5.49. The molecular formula is C13H5F5N2O. The van der Waals surface area contributed by atoms with Crippen LogP contribution in [0.2, 0.25) is 0 Å². The Hall–Kier alpha value is -2.69. The Morgan fingerprint density at radius 3 is 1.95 bits per heavy atom. The second-order valence-electron chi connectivity index (χ2n) is 4.01. The Morgan fingerprint density at radius 1 is 0.952 bits per heavy atom. The van der Waals surface area contributed by atoms with E-state index in [1.165, 1.54) is 0 Å². The van der Waals surface area contributed by atoms with Crippen molar-refractivity contribution in [1.82, 2.24) is 4.98 Å². The molecule has 1 N–H and O–H groups in total. The van der Waals surface area contributed by atoms with Crippen LogP contribution < -0.4 is 5.56 Å². The zero-order valence-corrected chi connectivity index (χ0v) is 10.1. The fraction of sp³-hybridized carbons (Fsp3) is 0.0769. The minimum atomic E-state index is -2.30. The molecule has 0 saturated heterocycles. The molecule has 0 aliphatic rings. The number of aromatic amines is 1. The lowest BCUT2D eigenvalue weighted by atomic mass is 10.0. The molecule has 1 aromatic carbocycles. The second-order valence-corrected chi connectivity index (χ2v) is 4.01. The molecule has 3 nitrogen and oxygen atoms in total. The number of hydrogen-bond donors (Lipinski definition) is 1. The van der Waals surface area contributed by atoms with E-state index in [0.29, 0.717) is 0 Å². The molecule has 0 unspecified atom stereocenters. The summed E-state index contributed by atoms with van der Waals surface area (Å²) in [4.78, 5) is 13.8. The summed E-state index contributed by atoms with van der Waals surface area (Å²) in [5.41, 5.74) is -2.94. The van der Waals surface area contributed by atoms with Crippen LogP contribution >= 0.6 is 0 Å². The highest BCUT2D eigenvalue weighted by Crippen LogP contribution is 2.29. The average Bonchev–Trinajstić information content (AvgIpc) is 2.46. The van der Waals surface area contributed by atoms with Gasteiger partial charge in [0.25, 0.3) is 5.56 Å². The first-order valence-electron chi connectivity index (χ1n) is 5.49. The molecule has 0 spiro atoms. The van der Waals surface area contributed by atoms with Crippen molar-refractivity contribution >= 4 is 0 Å². The molecule has 1 heterocycles. The van der Waals surface area contributed by atoms with Crippen LogP contribution in [-0.2, 0) is 6.42 Å². The topological polar surface area (TPSA) is 56.6 Å². The summed E-state index contributed by atoms with van der Waals surface area (Å²) in [6.07, 6.45) is -0.174. The van der Waals surface area contributed by atoms with Crippen molar-refractivity contribution < 1.29 is 22.0 Å². The summed E-state index contributed by atoms with van der Waals surface area (Å²) in [5.74, 6) is -10.8. The molecule has 21 heavy (non-hydrogen) atoms. The number of nitrogens with zero attached hydrogens (tertiary/aromatic N) is 1. The van der Waals surface area contributed by atoms with Gasteiger partial charge in [0.15, 0.2) is 23.3 Å². The van der Waals surface area contributed by atoms with Crippen molar-refractivity contribution in [2.45, 2.75) is 6.42 Å². The Labute approximate surface area is 114 Å². The van der Waals surface area contributed by atoms with Crippen LogP contribution in [0.5, 0.6) is 0 Å². The molecule has 0 amide bonds. The van der Waals surface area contributed by atoms with E-state index in [9.17, 15) is 26.7 Å². The van der Waals surface area contributed by atoms with Gasteiger partial charge in [0.2, 0.25) is 5.82 Å². The van der Waals surface area contributed by atoms with Crippen LogP contribution in [0, 0.1) is 40.4 Å². The summed E-state index contributed by atoms with van der Waals surface area (Å²) in [7, 11) is 0. The van der Waals surface area contributed by atoms with Crippen molar-refractivity contribution in [3.8, 4) is 17.2 Å². The number of aromatic nitrogens is 1. The number of pyridine rings is 1. The van der Waals surface area contributed by atoms with Gasteiger partial charge >= 0.3 is 0 Å². The number of H-pyrrole nitrogens is 1. The Balaban J connectivity index is 2.75. The van der Waals surface area contributed by atoms with Gasteiger partial charge in [-0.2, -0.15) is 5.26 Å². The molecule has 0 aliphatic heterocycles. The SMILES string of the molecule is N#CCc1ccc(-c2c(F)c(F)c(F)c(F)c2F)c(=O)[nH]1. The van der Waals surface area contributed by atoms with Gasteiger partial charge in [-0.15, -0.1) is 0 Å². The number of nitriles is 1. The third kappa shape index (κ3) is 2.38. The van der Waals surface area contributed by atoms with E-state index < -0.39 is 45.8 Å². The largest absolute Gasteiger partial charge is 0.325 e. The van der Waals surface area contributed by atoms with Crippen molar-refractivity contribution in [3.05, 3.63) is 57.3 Å². The van der Waals surface area contributed by atoms with E-state index in [1.54, 1.807) is 6.07 Å². The molecule has 0 atom stereocenters. The Kier molecular flexibility index (Phi) is 3.76. The van der Waals surface area contributed by atoms with Crippen LogP contribution in [-0.4, -0.2) is 4.98 Å². The molecule has 0 bridgehead atoms. The highest BCUT2D eigenvalue weighted by Gasteiger charge is 2.27. The maximum Gasteiger partial charge on any atom is 0.256 e. The Bertz CT molecular complexity index is 794. The molecule has 2 rings (SSSR count). The van der Waals surface area contributed by atoms with E-state index in [2.05, 4.69) is 4.98 Å². The van der Waals surface area contributed by atoms with Crippen molar-refractivity contribution in [3.63, 3.8) is 0 Å². The number of nitrogens with one attached hydrogen (secondary N) is 1. The lowest BCUT2D eigenvalue weighted by Crippen LogP contribution is -2.14. The molecule has 0 fully saturated rings. The molecule has 0 aliphatic carbocycles. The van der Waals surface area contributed by atoms with Gasteiger partial charge in [0.1, 0.15) is 0 Å². The van der Waals surface area contributed by atoms with Gasteiger partial charge in [-0.1, -0.05) is 0 Å². The molecule has 108 valence electrons. The zero-order valence-electron chi connectivity index (χ0n) is 10.1. The highest BCUT2D eigenvalue weighted by atomic mass is 19.2. The molecule has 2 aromatic rings. The predicted octanol–water partition coefficient (Wildman–Crippen LogP) is 2.80. The fourth-order valence-electron chi connectivity index (χ4n) is 1.74. The lowest BCUT2D eigenvalue weighted by molar-refractivity contribution is 0.381. The lowest BCUT2D eigenvalue weighted by Gasteiger charge is -2.08. The summed E-state index contributed by atoms with van der Waals surface area (Å²) in [6.45, 7) is 0. The molecule has 0 radical (unpaired) electrons. The van der Waals surface area contributed by atoms with Gasteiger partial charge in [-0.3, -0.25) is 4.79 Å². The van der Waals surface area contributed by atoms with Gasteiger partial charge in [0.05, 0.1) is 23.6 Å². The predicted molar refractivity (Wildman–Crippen MR) is 61.6 cm³/mol. The van der Waals surface area contributed by atoms with E-state index >= 15 is 0 Å². The fourth-order valence-corrected chi connectivity index (χ4v) is 1.74. The smallest absolute Gasteiger partial charge is 0.256 e. The maximum atomic E-state index is 13.6. The molecule has 8 heteroatoms.